The van der Waals surface area contributed by atoms with Gasteiger partial charge in [0.15, 0.2) is 29.3 Å². The Balaban J connectivity index is 1.44. The maximum atomic E-state index is 15.1. The maximum absolute atomic E-state index is 15.1. The molecule has 0 bridgehead atoms. The van der Waals surface area contributed by atoms with Gasteiger partial charge in [-0.1, -0.05) is 18.2 Å². The normalized spacial score (nSPS) is 11.9. The second-order valence-electron chi connectivity index (χ2n) is 8.92. The Kier molecular flexibility index (Phi) is 7.14. The Labute approximate surface area is 227 Å². The lowest BCUT2D eigenvalue weighted by atomic mass is 10.1. The number of nitrogens with one attached hydrogen (secondary N) is 1. The van der Waals surface area contributed by atoms with Crippen molar-refractivity contribution in [1.82, 2.24) is 14.3 Å². The van der Waals surface area contributed by atoms with E-state index in [2.05, 4.69) is 10.3 Å². The monoisotopic (exact) mass is 548 g/mol. The quantitative estimate of drug-likeness (QED) is 0.257. The number of hydrogen-bond donors (Lipinski definition) is 2. The third-order valence-corrected chi connectivity index (χ3v) is 6.61. The van der Waals surface area contributed by atoms with E-state index >= 15 is 8.78 Å². The summed E-state index contributed by atoms with van der Waals surface area (Å²) in [5, 5.41) is 13.9. The van der Waals surface area contributed by atoms with Crippen molar-refractivity contribution in [2.75, 3.05) is 19.5 Å². The highest BCUT2D eigenvalue weighted by atomic mass is 19.1. The average Bonchev–Trinajstić information content (AvgIpc) is 3.18. The molecule has 1 unspecified atom stereocenters. The summed E-state index contributed by atoms with van der Waals surface area (Å²) >= 11 is 0. The first-order valence-corrected chi connectivity index (χ1v) is 12.2. The van der Waals surface area contributed by atoms with Crippen LogP contribution in [-0.4, -0.2) is 33.7 Å². The number of hydrogen-bond acceptors (Lipinski definition) is 7. The van der Waals surface area contributed by atoms with E-state index in [-0.39, 0.29) is 22.7 Å². The molecule has 0 amide bonds. The first kappa shape index (κ1) is 26.7. The number of anilines is 1. The first-order chi connectivity index (χ1) is 19.2. The molecule has 0 spiro atoms. The number of aliphatic hydroxyl groups excluding tert-OH is 1. The lowest BCUT2D eigenvalue weighted by Crippen LogP contribution is -2.24. The van der Waals surface area contributed by atoms with Crippen LogP contribution in [0.1, 0.15) is 17.5 Å². The van der Waals surface area contributed by atoms with Gasteiger partial charge in [0, 0.05) is 42.5 Å². The van der Waals surface area contributed by atoms with Gasteiger partial charge in [-0.2, -0.15) is 0 Å². The van der Waals surface area contributed by atoms with Crippen LogP contribution < -0.4 is 25.1 Å². The summed E-state index contributed by atoms with van der Waals surface area (Å²) in [4.78, 5) is 17.5. The minimum atomic E-state index is -1.61. The van der Waals surface area contributed by atoms with Gasteiger partial charge in [-0.25, -0.2) is 13.5 Å². The Bertz CT molecular complexity index is 1770. The second kappa shape index (κ2) is 10.7. The molecule has 2 heterocycles. The highest BCUT2D eigenvalue weighted by molar-refractivity contribution is 5.88. The number of nitrogens with zero attached hydrogens (tertiary/aromatic N) is 3. The van der Waals surface area contributed by atoms with E-state index < -0.39 is 23.4 Å². The zero-order chi connectivity index (χ0) is 28.6. The van der Waals surface area contributed by atoms with Crippen molar-refractivity contribution < 1.29 is 28.1 Å². The summed E-state index contributed by atoms with van der Waals surface area (Å²) in [5.41, 5.74) is 0.693. The SMILES string of the molecule is COc1cc2nccc(Oc3cc(F)c(NC(O)c4c(C)n(C)n(-c5ccccc5)c4=O)cc3F)c2cc1OC. The Morgan fingerprint density at radius 3 is 2.33 bits per heavy atom. The largest absolute Gasteiger partial charge is 0.493 e. The minimum absolute atomic E-state index is 0.000816. The molecule has 0 aliphatic carbocycles. The van der Waals surface area contributed by atoms with E-state index in [0.29, 0.717) is 33.8 Å². The van der Waals surface area contributed by atoms with Crippen LogP contribution in [0.5, 0.6) is 23.0 Å². The number of benzene rings is 3. The summed E-state index contributed by atoms with van der Waals surface area (Å²) < 4.78 is 49.6. The lowest BCUT2D eigenvalue weighted by molar-refractivity contribution is 0.205. The van der Waals surface area contributed by atoms with Gasteiger partial charge in [0.25, 0.3) is 5.56 Å². The Hall–Kier alpha value is -4.90. The van der Waals surface area contributed by atoms with Crippen molar-refractivity contribution in [2.24, 2.45) is 7.05 Å². The van der Waals surface area contributed by atoms with Gasteiger partial charge in [0.05, 0.1) is 36.7 Å². The van der Waals surface area contributed by atoms with Gasteiger partial charge in [-0.05, 0) is 31.2 Å². The molecule has 0 radical (unpaired) electrons. The van der Waals surface area contributed by atoms with Gasteiger partial charge < -0.3 is 24.6 Å². The summed E-state index contributed by atoms with van der Waals surface area (Å²) in [6.45, 7) is 1.65. The molecular weight excluding hydrogens is 522 g/mol. The number of aromatic nitrogens is 3. The molecular formula is C29H26F2N4O5. The van der Waals surface area contributed by atoms with E-state index in [0.717, 1.165) is 12.1 Å². The van der Waals surface area contributed by atoms with E-state index in [1.807, 2.05) is 6.07 Å². The molecule has 1 atom stereocenters. The Morgan fingerprint density at radius 2 is 1.62 bits per heavy atom. The van der Waals surface area contributed by atoms with Crippen LogP contribution in [0.15, 0.2) is 71.7 Å². The predicted octanol–water partition coefficient (Wildman–Crippen LogP) is 5.22. The van der Waals surface area contributed by atoms with Crippen molar-refractivity contribution in [3.63, 3.8) is 0 Å². The number of fused-ring (bicyclic) bond motifs is 1. The molecule has 0 saturated heterocycles. The zero-order valence-electron chi connectivity index (χ0n) is 22.1. The Morgan fingerprint density at radius 1 is 0.925 bits per heavy atom. The molecule has 5 rings (SSSR count). The van der Waals surface area contributed by atoms with Gasteiger partial charge in [-0.3, -0.25) is 14.5 Å². The summed E-state index contributed by atoms with van der Waals surface area (Å²) in [6.07, 6.45) is -0.148. The third-order valence-electron chi connectivity index (χ3n) is 6.61. The van der Waals surface area contributed by atoms with Crippen LogP contribution in [-0.2, 0) is 7.05 Å². The van der Waals surface area contributed by atoms with Crippen LogP contribution in [0.4, 0.5) is 14.5 Å². The first-order valence-electron chi connectivity index (χ1n) is 12.2. The number of ether oxygens (including phenoxy) is 3. The van der Waals surface area contributed by atoms with Crippen LogP contribution in [0, 0.1) is 18.6 Å². The number of aliphatic hydroxyl groups is 1. The fourth-order valence-corrected chi connectivity index (χ4v) is 4.50. The lowest BCUT2D eigenvalue weighted by Gasteiger charge is -2.16. The predicted molar refractivity (Wildman–Crippen MR) is 146 cm³/mol. The highest BCUT2D eigenvalue weighted by Gasteiger charge is 2.24. The molecule has 11 heteroatoms. The van der Waals surface area contributed by atoms with Crippen LogP contribution in [0.2, 0.25) is 0 Å². The second-order valence-corrected chi connectivity index (χ2v) is 8.92. The number of halogens is 2. The fraction of sp³-hybridized carbons (Fsp3) is 0.172. The molecule has 0 aliphatic heterocycles. The standard InChI is InChI=1S/C29H26F2N4O5/c1-16-27(29(37)35(34(16)2)17-8-6-5-7-9-17)28(36)33-22-13-20(31)24(14-19(22)30)40-23-10-11-32-21-15-26(39-4)25(38-3)12-18(21)23/h5-15,28,33,36H,1-4H3. The summed E-state index contributed by atoms with van der Waals surface area (Å²) in [7, 11) is 4.64. The van der Waals surface area contributed by atoms with Crippen LogP contribution in [0.25, 0.3) is 16.6 Å². The number of methoxy groups -OCH3 is 2. The van der Waals surface area contributed by atoms with Gasteiger partial charge in [0.1, 0.15) is 11.6 Å². The molecule has 40 heavy (non-hydrogen) atoms. The molecule has 9 nitrogen and oxygen atoms in total. The zero-order valence-corrected chi connectivity index (χ0v) is 22.1. The summed E-state index contributed by atoms with van der Waals surface area (Å²) in [6, 6.07) is 15.4. The average molecular weight is 549 g/mol. The van der Waals surface area contributed by atoms with Gasteiger partial charge in [0.2, 0.25) is 0 Å². The fourth-order valence-electron chi connectivity index (χ4n) is 4.50. The van der Waals surface area contributed by atoms with Crippen LogP contribution in [0.3, 0.4) is 0 Å². The molecule has 2 aromatic heterocycles. The van der Waals surface area contributed by atoms with E-state index in [1.165, 1.54) is 31.2 Å². The van der Waals surface area contributed by atoms with Crippen molar-refractivity contribution in [2.45, 2.75) is 13.2 Å². The van der Waals surface area contributed by atoms with E-state index in [1.54, 1.807) is 55.1 Å². The van der Waals surface area contributed by atoms with Crippen molar-refractivity contribution >= 4 is 16.6 Å². The van der Waals surface area contributed by atoms with Gasteiger partial charge >= 0.3 is 0 Å². The third kappa shape index (κ3) is 4.71. The summed E-state index contributed by atoms with van der Waals surface area (Å²) in [5.74, 6) is -1.10. The van der Waals surface area contributed by atoms with E-state index in [4.69, 9.17) is 14.2 Å². The van der Waals surface area contributed by atoms with Gasteiger partial charge in [-0.15, -0.1) is 0 Å². The van der Waals surface area contributed by atoms with E-state index in [9.17, 15) is 9.90 Å². The van der Waals surface area contributed by atoms with Crippen LogP contribution >= 0.6 is 0 Å². The number of rotatable bonds is 8. The molecule has 0 saturated carbocycles. The van der Waals surface area contributed by atoms with Crippen molar-refractivity contribution in [1.29, 1.82) is 0 Å². The highest BCUT2D eigenvalue weighted by Crippen LogP contribution is 2.38. The minimum Gasteiger partial charge on any atom is -0.493 e. The topological polar surface area (TPSA) is 99.8 Å². The molecule has 2 N–H and O–H groups in total. The number of pyridine rings is 1. The van der Waals surface area contributed by atoms with Crippen molar-refractivity contribution in [3.8, 4) is 28.7 Å². The number of para-hydroxylation sites is 1. The molecule has 5 aromatic rings. The smallest absolute Gasteiger partial charge is 0.279 e. The molecule has 3 aromatic carbocycles. The molecule has 0 aliphatic rings. The molecule has 0 fully saturated rings. The molecule has 206 valence electrons. The van der Waals surface area contributed by atoms with Crippen molar-refractivity contribution in [3.05, 3.63) is 100 Å². The maximum Gasteiger partial charge on any atom is 0.279 e.